The molecule has 0 atom stereocenters. The van der Waals surface area contributed by atoms with Crippen LogP contribution in [-0.4, -0.2) is 31.3 Å². The summed E-state index contributed by atoms with van der Waals surface area (Å²) in [4.78, 5) is 11.7. The molecule has 0 aliphatic carbocycles. The van der Waals surface area contributed by atoms with E-state index in [9.17, 15) is 4.79 Å². The predicted octanol–water partition coefficient (Wildman–Crippen LogP) is 3.12. The predicted molar refractivity (Wildman–Crippen MR) is 88.8 cm³/mol. The van der Waals surface area contributed by atoms with Gasteiger partial charge in [0, 0.05) is 12.1 Å². The smallest absolute Gasteiger partial charge is 0.315 e. The lowest BCUT2D eigenvalue weighted by molar-refractivity contribution is 0.232. The molecule has 124 valence electrons. The zero-order valence-electron chi connectivity index (χ0n) is 14.3. The van der Waals surface area contributed by atoms with E-state index >= 15 is 0 Å². The average Bonchev–Trinajstić information content (AvgIpc) is 2.40. The largest absolute Gasteiger partial charge is 0.490 e. The Labute approximate surface area is 133 Å². The van der Waals surface area contributed by atoms with Crippen LogP contribution in [0.3, 0.4) is 0 Å². The van der Waals surface area contributed by atoms with Crippen LogP contribution in [0.5, 0.6) is 11.5 Å². The van der Waals surface area contributed by atoms with Gasteiger partial charge in [-0.1, -0.05) is 6.07 Å². The number of carbonyl (C=O) groups excluding carboxylic acids is 1. The Morgan fingerprint density at radius 3 is 2.32 bits per heavy atom. The Bertz CT molecular complexity index is 481. The van der Waals surface area contributed by atoms with Gasteiger partial charge in [-0.25, -0.2) is 4.79 Å². The summed E-state index contributed by atoms with van der Waals surface area (Å²) in [5, 5.41) is 5.73. The van der Waals surface area contributed by atoms with Crippen LogP contribution in [0.2, 0.25) is 0 Å². The molecule has 5 heteroatoms. The van der Waals surface area contributed by atoms with E-state index in [-0.39, 0.29) is 11.6 Å². The highest BCUT2D eigenvalue weighted by Crippen LogP contribution is 2.28. The molecule has 1 aromatic carbocycles. The number of ether oxygens (including phenoxy) is 2. The van der Waals surface area contributed by atoms with Crippen molar-refractivity contribution < 1.29 is 14.3 Å². The highest BCUT2D eigenvalue weighted by molar-refractivity contribution is 5.74. The fourth-order valence-electron chi connectivity index (χ4n) is 1.96. The zero-order valence-corrected chi connectivity index (χ0v) is 14.3. The molecule has 0 aromatic heterocycles. The summed E-state index contributed by atoms with van der Waals surface area (Å²) in [5.41, 5.74) is 0.869. The maximum absolute atomic E-state index is 11.7. The molecular formula is C17H28N2O3. The second-order valence-electron chi connectivity index (χ2n) is 6.03. The van der Waals surface area contributed by atoms with Crippen molar-refractivity contribution in [2.75, 3.05) is 19.8 Å². The van der Waals surface area contributed by atoms with E-state index in [0.29, 0.717) is 19.8 Å². The lowest BCUT2D eigenvalue weighted by Crippen LogP contribution is -2.46. The molecule has 0 spiro atoms. The zero-order chi connectivity index (χ0) is 16.6. The third-order valence-corrected chi connectivity index (χ3v) is 2.80. The van der Waals surface area contributed by atoms with Crippen molar-refractivity contribution in [1.29, 1.82) is 0 Å². The Morgan fingerprint density at radius 2 is 1.73 bits per heavy atom. The van der Waals surface area contributed by atoms with Crippen molar-refractivity contribution in [3.63, 3.8) is 0 Å². The van der Waals surface area contributed by atoms with Crippen LogP contribution in [0.25, 0.3) is 0 Å². The fraction of sp³-hybridized carbons (Fsp3) is 0.588. The van der Waals surface area contributed by atoms with Gasteiger partial charge in [-0.2, -0.15) is 0 Å². The third-order valence-electron chi connectivity index (χ3n) is 2.80. The quantitative estimate of drug-likeness (QED) is 0.813. The lowest BCUT2D eigenvalue weighted by Gasteiger charge is -2.20. The molecule has 0 bridgehead atoms. The van der Waals surface area contributed by atoms with Crippen LogP contribution in [0, 0.1) is 0 Å². The first-order chi connectivity index (χ1) is 10.4. The van der Waals surface area contributed by atoms with Crippen LogP contribution in [0.1, 0.15) is 40.2 Å². The fourth-order valence-corrected chi connectivity index (χ4v) is 1.96. The molecule has 2 amide bonds. The number of carbonyl (C=O) groups is 1. The van der Waals surface area contributed by atoms with Crippen LogP contribution in [0.4, 0.5) is 4.79 Å². The Hall–Kier alpha value is -1.91. The molecule has 0 radical (unpaired) electrons. The summed E-state index contributed by atoms with van der Waals surface area (Å²) in [5.74, 6) is 1.51. The summed E-state index contributed by atoms with van der Waals surface area (Å²) in [7, 11) is 0. The van der Waals surface area contributed by atoms with E-state index < -0.39 is 0 Å². The van der Waals surface area contributed by atoms with E-state index in [4.69, 9.17) is 9.47 Å². The van der Waals surface area contributed by atoms with Crippen molar-refractivity contribution >= 4 is 6.03 Å². The molecule has 0 saturated heterocycles. The first-order valence-electron chi connectivity index (χ1n) is 7.80. The van der Waals surface area contributed by atoms with E-state index in [2.05, 4.69) is 10.6 Å². The number of nitrogens with one attached hydrogen (secondary N) is 2. The van der Waals surface area contributed by atoms with E-state index in [1.54, 1.807) is 0 Å². The van der Waals surface area contributed by atoms with Crippen molar-refractivity contribution in [3.05, 3.63) is 23.8 Å². The monoisotopic (exact) mass is 308 g/mol. The summed E-state index contributed by atoms with van der Waals surface area (Å²) >= 11 is 0. The second kappa shape index (κ2) is 8.51. The van der Waals surface area contributed by atoms with Crippen LogP contribution >= 0.6 is 0 Å². The Kier molecular flexibility index (Phi) is 7.02. The van der Waals surface area contributed by atoms with Gasteiger partial charge in [0.2, 0.25) is 0 Å². The molecule has 1 rings (SSSR count). The molecule has 0 saturated carbocycles. The van der Waals surface area contributed by atoms with Gasteiger partial charge in [0.25, 0.3) is 0 Å². The molecule has 22 heavy (non-hydrogen) atoms. The van der Waals surface area contributed by atoms with Crippen LogP contribution < -0.4 is 20.1 Å². The van der Waals surface area contributed by atoms with E-state index in [0.717, 1.165) is 23.5 Å². The van der Waals surface area contributed by atoms with Gasteiger partial charge >= 0.3 is 6.03 Å². The van der Waals surface area contributed by atoms with Crippen molar-refractivity contribution in [3.8, 4) is 11.5 Å². The lowest BCUT2D eigenvalue weighted by atomic mass is 10.1. The maximum Gasteiger partial charge on any atom is 0.315 e. The third kappa shape index (κ3) is 6.70. The van der Waals surface area contributed by atoms with Gasteiger partial charge in [0.1, 0.15) is 0 Å². The molecule has 0 aliphatic rings. The Balaban J connectivity index is 2.55. The highest BCUT2D eigenvalue weighted by Gasteiger charge is 2.13. The molecule has 2 N–H and O–H groups in total. The first kappa shape index (κ1) is 18.1. The molecule has 0 unspecified atom stereocenters. The van der Waals surface area contributed by atoms with Gasteiger partial charge in [0.05, 0.1) is 13.2 Å². The molecule has 0 fully saturated rings. The van der Waals surface area contributed by atoms with Gasteiger partial charge in [-0.05, 0) is 58.7 Å². The number of urea groups is 1. The summed E-state index contributed by atoms with van der Waals surface area (Å²) < 4.78 is 11.1. The van der Waals surface area contributed by atoms with Gasteiger partial charge in [-0.3, -0.25) is 0 Å². The summed E-state index contributed by atoms with van der Waals surface area (Å²) in [6.07, 6.45) is 0.740. The standard InChI is InChI=1S/C17H28N2O3/c1-6-21-14-9-8-13(12-15(14)22-7-2)10-11-18-16(20)19-17(3,4)5/h8-9,12H,6-7,10-11H2,1-5H3,(H2,18,19,20). The summed E-state index contributed by atoms with van der Waals surface area (Å²) in [6, 6.07) is 5.73. The normalized spacial score (nSPS) is 11.0. The molecule has 0 aliphatic heterocycles. The van der Waals surface area contributed by atoms with Crippen molar-refractivity contribution in [2.24, 2.45) is 0 Å². The van der Waals surface area contributed by atoms with Gasteiger partial charge in [-0.15, -0.1) is 0 Å². The molecular weight excluding hydrogens is 280 g/mol. The number of amides is 2. The van der Waals surface area contributed by atoms with Crippen LogP contribution in [-0.2, 0) is 6.42 Å². The number of hydrogen-bond acceptors (Lipinski definition) is 3. The molecule has 5 nitrogen and oxygen atoms in total. The van der Waals surface area contributed by atoms with E-state index in [1.807, 2.05) is 52.8 Å². The molecule has 0 heterocycles. The van der Waals surface area contributed by atoms with Crippen molar-refractivity contribution in [2.45, 2.75) is 46.6 Å². The average molecular weight is 308 g/mol. The second-order valence-corrected chi connectivity index (χ2v) is 6.03. The minimum absolute atomic E-state index is 0.150. The van der Waals surface area contributed by atoms with Crippen molar-refractivity contribution in [1.82, 2.24) is 10.6 Å². The summed E-state index contributed by atoms with van der Waals surface area (Å²) in [6.45, 7) is 11.5. The SMILES string of the molecule is CCOc1ccc(CCNC(=O)NC(C)(C)C)cc1OCC. The van der Waals surface area contributed by atoms with Gasteiger partial charge in [0.15, 0.2) is 11.5 Å². The number of hydrogen-bond donors (Lipinski definition) is 2. The first-order valence-corrected chi connectivity index (χ1v) is 7.80. The minimum atomic E-state index is -0.231. The highest BCUT2D eigenvalue weighted by atomic mass is 16.5. The topological polar surface area (TPSA) is 59.6 Å². The Morgan fingerprint density at radius 1 is 1.09 bits per heavy atom. The minimum Gasteiger partial charge on any atom is -0.490 e. The number of benzene rings is 1. The molecule has 1 aromatic rings. The number of rotatable bonds is 7. The maximum atomic E-state index is 11.7. The van der Waals surface area contributed by atoms with E-state index in [1.165, 1.54) is 0 Å². The van der Waals surface area contributed by atoms with Gasteiger partial charge < -0.3 is 20.1 Å². The van der Waals surface area contributed by atoms with Crippen LogP contribution in [0.15, 0.2) is 18.2 Å².